The van der Waals surface area contributed by atoms with Crippen molar-refractivity contribution in [2.24, 2.45) is 40.2 Å². The number of nitrogens with one attached hydrogen (secondary N) is 1. The number of quaternary nitrogens is 2. The first-order chi connectivity index (χ1) is 28.8. The maximum atomic E-state index is 12.8. The van der Waals surface area contributed by atoms with Crippen molar-refractivity contribution in [3.63, 3.8) is 0 Å². The van der Waals surface area contributed by atoms with Gasteiger partial charge in [0.1, 0.15) is 18.3 Å². The molecule has 3 aliphatic heterocycles. The van der Waals surface area contributed by atoms with Gasteiger partial charge in [-0.2, -0.15) is 0 Å². The summed E-state index contributed by atoms with van der Waals surface area (Å²) in [6.45, 7) is 5.81. The Morgan fingerprint density at radius 3 is 2.43 bits per heavy atom. The largest absolute Gasteiger partial charge is 0.550 e. The molecule has 60 heavy (non-hydrogen) atoms. The predicted molar refractivity (Wildman–Crippen MR) is 221 cm³/mol. The first-order valence-electron chi connectivity index (χ1n) is 23.8. The highest BCUT2D eigenvalue weighted by atomic mass is 16.5. The lowest BCUT2D eigenvalue weighted by Crippen LogP contribution is -3.02. The number of aliphatic hydroxyl groups excluding tert-OH is 5. The number of aliphatic carboxylic acids is 1. The Balaban J connectivity index is 1.15. The minimum atomic E-state index is -1.01. The van der Waals surface area contributed by atoms with Crippen molar-refractivity contribution in [3.8, 4) is 0 Å². The van der Waals surface area contributed by atoms with Crippen LogP contribution in [0, 0.1) is 34.5 Å². The van der Waals surface area contributed by atoms with Crippen LogP contribution in [0.3, 0.4) is 0 Å². The van der Waals surface area contributed by atoms with Crippen LogP contribution in [0.2, 0.25) is 0 Å². The smallest absolute Gasteiger partial charge is 0.137 e. The average molecular weight is 856 g/mol. The van der Waals surface area contributed by atoms with Crippen molar-refractivity contribution in [2.75, 3.05) is 40.1 Å². The number of aliphatic hydroxyl groups is 5. The molecule has 0 aromatic heterocycles. The van der Waals surface area contributed by atoms with Gasteiger partial charge in [0, 0.05) is 50.4 Å². The lowest BCUT2D eigenvalue weighted by atomic mass is 9.50. The number of carboxylic acid groups (broad SMARTS) is 1. The van der Waals surface area contributed by atoms with E-state index in [9.17, 15) is 35.4 Å². The van der Waals surface area contributed by atoms with Gasteiger partial charge < -0.3 is 65.0 Å². The number of piperidine rings is 2. The van der Waals surface area contributed by atoms with E-state index in [1.165, 1.54) is 0 Å². The number of nitrogens with two attached hydrogens (primary N) is 3. The molecule has 6 fully saturated rings. The molecule has 348 valence electrons. The Bertz CT molecular complexity index is 1310. The number of ether oxygens (including phenoxy) is 4. The van der Waals surface area contributed by atoms with E-state index in [2.05, 4.69) is 22.9 Å². The molecule has 1 spiro atoms. The van der Waals surface area contributed by atoms with E-state index in [1.807, 2.05) is 0 Å². The molecule has 17 atom stereocenters. The first-order valence-corrected chi connectivity index (χ1v) is 23.8. The average Bonchev–Trinajstić information content (AvgIpc) is 3.67. The van der Waals surface area contributed by atoms with Crippen molar-refractivity contribution < 1.29 is 65.0 Å². The Morgan fingerprint density at radius 1 is 0.967 bits per heavy atom. The number of carbonyl (C=O) groups is 1. The fourth-order valence-corrected chi connectivity index (χ4v) is 13.5. The van der Waals surface area contributed by atoms with E-state index in [1.54, 1.807) is 14.0 Å². The quantitative estimate of drug-likeness (QED) is 0.0559. The molecule has 0 radical (unpaired) electrons. The highest BCUT2D eigenvalue weighted by molar-refractivity contribution is 5.65. The van der Waals surface area contributed by atoms with Crippen molar-refractivity contribution in [3.05, 3.63) is 0 Å². The number of hydrogen-bond acceptors (Lipinski definition) is 13. The number of carbonyl (C=O) groups excluding carboxylic acids is 1. The van der Waals surface area contributed by atoms with Gasteiger partial charge >= 0.3 is 0 Å². The van der Waals surface area contributed by atoms with Crippen molar-refractivity contribution in [2.45, 2.75) is 203 Å². The van der Waals surface area contributed by atoms with Gasteiger partial charge in [0.05, 0.1) is 74.8 Å². The fourth-order valence-electron chi connectivity index (χ4n) is 13.5. The molecular formula is C45H83N4O11+. The standard InChI is InChI=1S/C45H82N4O11/c1-27-21-44(12-4-5-13-44)45(23-41(54)55,22-30-10-14-48-40(46)17-30)39(49-27)25-58-38-19-31(18-37(57-3)42(38)56)43-33(11-15-50)35(53)20-32(60-43)8-6-29-7-9-34(52)36(16-29)59-26-47-24-28(2)51/h27-40,42-43,47-53,56H,4-26,46H2,1-3H3,(H,54,55)/p+1/t27-,28+,29?,30?,31?,32+,33+,34?,35+,36?,37?,38?,39-,40?,42?,43+,45+/m1/s1. The second kappa shape index (κ2) is 22.2. The lowest BCUT2D eigenvalue weighted by molar-refractivity contribution is -0.752. The van der Waals surface area contributed by atoms with Crippen LogP contribution in [0.5, 0.6) is 0 Å². The van der Waals surface area contributed by atoms with Gasteiger partial charge in [0.25, 0.3) is 0 Å². The summed E-state index contributed by atoms with van der Waals surface area (Å²) < 4.78 is 25.8. The summed E-state index contributed by atoms with van der Waals surface area (Å²) in [4.78, 5) is 12.8. The van der Waals surface area contributed by atoms with E-state index in [0.29, 0.717) is 63.1 Å². The molecule has 3 saturated carbocycles. The Morgan fingerprint density at radius 2 is 1.73 bits per heavy atom. The maximum absolute atomic E-state index is 12.8. The molecule has 3 saturated heterocycles. The van der Waals surface area contributed by atoms with Crippen LogP contribution in [0.15, 0.2) is 0 Å². The minimum Gasteiger partial charge on any atom is -0.550 e. The monoisotopic (exact) mass is 856 g/mol. The van der Waals surface area contributed by atoms with E-state index in [0.717, 1.165) is 83.6 Å². The van der Waals surface area contributed by atoms with Gasteiger partial charge in [-0.05, 0) is 127 Å². The predicted octanol–water partition coefficient (Wildman–Crippen LogP) is -1.01. The lowest BCUT2D eigenvalue weighted by Gasteiger charge is -2.58. The van der Waals surface area contributed by atoms with E-state index < -0.39 is 48.0 Å². The van der Waals surface area contributed by atoms with E-state index in [4.69, 9.17) is 24.7 Å². The fraction of sp³-hybridized carbons (Fsp3) is 0.978. The third-order valence-corrected chi connectivity index (χ3v) is 16.3. The minimum absolute atomic E-state index is 0.00936. The summed E-state index contributed by atoms with van der Waals surface area (Å²) in [6.07, 6.45) is 9.09. The molecule has 0 amide bonds. The van der Waals surface area contributed by atoms with E-state index in [-0.39, 0.29) is 67.5 Å². The molecule has 9 unspecified atom stereocenters. The van der Waals surface area contributed by atoms with Gasteiger partial charge in [0.15, 0.2) is 0 Å². The second-order valence-electron chi connectivity index (χ2n) is 20.5. The molecule has 0 aromatic rings. The van der Waals surface area contributed by atoms with Crippen LogP contribution in [0.4, 0.5) is 0 Å². The molecule has 12 N–H and O–H groups in total. The Labute approximate surface area is 358 Å². The van der Waals surface area contributed by atoms with Crippen molar-refractivity contribution in [1.82, 2.24) is 5.32 Å². The van der Waals surface area contributed by atoms with Gasteiger partial charge in [0.2, 0.25) is 0 Å². The number of methoxy groups -OCH3 is 1. The van der Waals surface area contributed by atoms with Crippen molar-refractivity contribution >= 4 is 5.97 Å². The molecule has 0 aromatic carbocycles. The van der Waals surface area contributed by atoms with Gasteiger partial charge in [-0.3, -0.25) is 11.1 Å². The zero-order valence-corrected chi connectivity index (χ0v) is 36.9. The molecular weight excluding hydrogens is 773 g/mol. The molecule has 3 aliphatic carbocycles. The Hall–Kier alpha value is -1.05. The third kappa shape index (κ3) is 11.8. The van der Waals surface area contributed by atoms with Gasteiger partial charge in [-0.15, -0.1) is 0 Å². The van der Waals surface area contributed by atoms with Gasteiger partial charge in [-0.1, -0.05) is 12.8 Å². The summed E-state index contributed by atoms with van der Waals surface area (Å²) in [5, 5.41) is 74.2. The third-order valence-electron chi connectivity index (χ3n) is 16.3. The zero-order chi connectivity index (χ0) is 43.0. The first kappa shape index (κ1) is 48.4. The summed E-state index contributed by atoms with van der Waals surface area (Å²) in [7, 11) is 1.61. The topological polar surface area (TPSA) is 249 Å². The molecule has 15 heteroatoms. The summed E-state index contributed by atoms with van der Waals surface area (Å²) in [5.74, 6) is -0.748. The summed E-state index contributed by atoms with van der Waals surface area (Å²) in [5.41, 5.74) is 5.80. The molecule has 15 nitrogen and oxygen atoms in total. The van der Waals surface area contributed by atoms with Crippen molar-refractivity contribution in [1.29, 1.82) is 0 Å². The van der Waals surface area contributed by atoms with Crippen LogP contribution in [-0.4, -0.2) is 145 Å². The SMILES string of the molecule is COC1CC([C@@H]2O[C@@H](CCC3CCC(O)C(OCNC[C@H](C)O)C3)C[C@H](O)[C@@H]2CCO)CC(OC[C@H]2[NH2+][C@H](C)CC3(CCCC3)[C@]2(CC(=O)[O-])CC2CC[NH2+]C(N)C2)C1O. The van der Waals surface area contributed by atoms with E-state index >= 15 is 0 Å². The number of rotatable bonds is 19. The maximum Gasteiger partial charge on any atom is 0.137 e. The number of carboxylic acids is 1. The number of hydrogen-bond donors (Lipinski definition) is 9. The molecule has 6 rings (SSSR count). The second-order valence-corrected chi connectivity index (χ2v) is 20.5. The van der Waals surface area contributed by atoms with Crippen LogP contribution in [0.1, 0.15) is 129 Å². The summed E-state index contributed by atoms with van der Waals surface area (Å²) >= 11 is 0. The zero-order valence-electron chi connectivity index (χ0n) is 36.9. The molecule has 3 heterocycles. The van der Waals surface area contributed by atoms with Crippen LogP contribution < -0.4 is 26.8 Å². The van der Waals surface area contributed by atoms with Gasteiger partial charge in [-0.25, -0.2) is 0 Å². The van der Waals surface area contributed by atoms with Crippen LogP contribution in [-0.2, 0) is 23.7 Å². The molecule has 6 aliphatic rings. The normalized spacial score (nSPS) is 42.9. The molecule has 0 bridgehead atoms. The van der Waals surface area contributed by atoms with Crippen LogP contribution in [0.25, 0.3) is 0 Å². The highest BCUT2D eigenvalue weighted by Crippen LogP contribution is 2.61. The van der Waals surface area contributed by atoms with Crippen LogP contribution >= 0.6 is 0 Å². The Kier molecular flexibility index (Phi) is 17.9. The highest BCUT2D eigenvalue weighted by Gasteiger charge is 2.62. The summed E-state index contributed by atoms with van der Waals surface area (Å²) in [6, 6.07) is 0.158.